The molecular formula is C17H22FN5O2S. The quantitative estimate of drug-likeness (QED) is 0.777. The number of hydrogen-bond acceptors (Lipinski definition) is 7. The second kappa shape index (κ2) is 9.02. The summed E-state index contributed by atoms with van der Waals surface area (Å²) < 4.78 is 18.5. The van der Waals surface area contributed by atoms with E-state index in [9.17, 15) is 9.18 Å². The molecule has 0 unspecified atom stereocenters. The molecule has 0 aliphatic carbocycles. The summed E-state index contributed by atoms with van der Waals surface area (Å²) in [5, 5.41) is 8.63. The minimum Gasteiger partial charge on any atom is -0.379 e. The maximum absolute atomic E-state index is 13.1. The van der Waals surface area contributed by atoms with Gasteiger partial charge in [-0.1, -0.05) is 23.5 Å². The van der Waals surface area contributed by atoms with Gasteiger partial charge in [-0.05, 0) is 17.7 Å². The second-order valence-electron chi connectivity index (χ2n) is 6.11. The topological polar surface area (TPSA) is 84.6 Å². The van der Waals surface area contributed by atoms with Crippen LogP contribution in [-0.4, -0.2) is 65.3 Å². The number of nitrogens with two attached hydrogens (primary N) is 1. The van der Waals surface area contributed by atoms with E-state index < -0.39 is 0 Å². The van der Waals surface area contributed by atoms with Gasteiger partial charge in [0.1, 0.15) is 10.8 Å². The average Bonchev–Trinajstić information content (AvgIpc) is 3.05. The molecule has 1 aliphatic heterocycles. The highest BCUT2D eigenvalue weighted by Gasteiger charge is 2.19. The van der Waals surface area contributed by atoms with Crippen molar-refractivity contribution in [2.75, 3.05) is 45.1 Å². The lowest BCUT2D eigenvalue weighted by Gasteiger charge is -2.30. The summed E-state index contributed by atoms with van der Waals surface area (Å²) >= 11 is 1.22. The molecule has 3 rings (SSSR count). The fourth-order valence-corrected chi connectivity index (χ4v) is 3.37. The number of rotatable bonds is 7. The molecule has 2 aromatic rings. The molecule has 0 radical (unpaired) electrons. The number of aromatic nitrogens is 2. The van der Waals surface area contributed by atoms with E-state index in [1.54, 1.807) is 17.0 Å². The van der Waals surface area contributed by atoms with Crippen molar-refractivity contribution in [3.05, 3.63) is 40.7 Å². The monoisotopic (exact) mass is 379 g/mol. The number of anilines is 1. The first-order chi connectivity index (χ1) is 12.6. The molecule has 1 amide bonds. The van der Waals surface area contributed by atoms with Crippen LogP contribution in [0.1, 0.15) is 10.6 Å². The van der Waals surface area contributed by atoms with E-state index in [-0.39, 0.29) is 18.1 Å². The van der Waals surface area contributed by atoms with E-state index in [0.29, 0.717) is 23.2 Å². The van der Waals surface area contributed by atoms with E-state index in [1.807, 2.05) is 0 Å². The number of morpholine rings is 1. The lowest BCUT2D eigenvalue weighted by Crippen LogP contribution is -2.43. The number of hydrogen-bond donors (Lipinski definition) is 1. The molecule has 26 heavy (non-hydrogen) atoms. The Bertz CT molecular complexity index is 718. The van der Waals surface area contributed by atoms with Crippen molar-refractivity contribution in [1.29, 1.82) is 0 Å². The molecule has 0 saturated carbocycles. The number of benzene rings is 1. The van der Waals surface area contributed by atoms with Crippen molar-refractivity contribution >= 4 is 22.4 Å². The Labute approximate surface area is 155 Å². The average molecular weight is 379 g/mol. The van der Waals surface area contributed by atoms with Gasteiger partial charge in [0, 0.05) is 32.7 Å². The SMILES string of the molecule is Nc1nnc(CC(=O)N(CCN2CCOCC2)Cc2ccc(F)cc2)s1. The van der Waals surface area contributed by atoms with Crippen LogP contribution in [0, 0.1) is 5.82 Å². The zero-order valence-electron chi connectivity index (χ0n) is 14.4. The van der Waals surface area contributed by atoms with Crippen molar-refractivity contribution in [2.24, 2.45) is 0 Å². The molecule has 9 heteroatoms. The van der Waals surface area contributed by atoms with E-state index >= 15 is 0 Å². The lowest BCUT2D eigenvalue weighted by molar-refractivity contribution is -0.131. The van der Waals surface area contributed by atoms with Gasteiger partial charge in [-0.2, -0.15) is 0 Å². The summed E-state index contributed by atoms with van der Waals surface area (Å²) in [5.41, 5.74) is 6.48. The fraction of sp³-hybridized carbons (Fsp3) is 0.471. The Morgan fingerprint density at radius 3 is 2.65 bits per heavy atom. The van der Waals surface area contributed by atoms with Crippen LogP contribution in [0.2, 0.25) is 0 Å². The third kappa shape index (κ3) is 5.45. The molecule has 140 valence electrons. The third-order valence-corrected chi connectivity index (χ3v) is 4.97. The minimum absolute atomic E-state index is 0.0428. The normalized spacial score (nSPS) is 15.1. The summed E-state index contributed by atoms with van der Waals surface area (Å²) in [5.74, 6) is -0.331. The van der Waals surface area contributed by atoms with Crippen molar-refractivity contribution in [2.45, 2.75) is 13.0 Å². The van der Waals surface area contributed by atoms with Crippen LogP contribution in [0.4, 0.5) is 9.52 Å². The Kier molecular flexibility index (Phi) is 6.48. The van der Waals surface area contributed by atoms with E-state index in [2.05, 4.69) is 15.1 Å². The van der Waals surface area contributed by atoms with Gasteiger partial charge in [0.25, 0.3) is 0 Å². The Hall–Kier alpha value is -2.10. The fourth-order valence-electron chi connectivity index (χ4n) is 2.77. The van der Waals surface area contributed by atoms with Gasteiger partial charge in [0.15, 0.2) is 0 Å². The standard InChI is InChI=1S/C17H22FN5O2S/c18-14-3-1-13(2-4-14)12-23(6-5-22-7-9-25-10-8-22)16(24)11-15-20-21-17(19)26-15/h1-4H,5-12H2,(H2,19,21). The number of carbonyl (C=O) groups is 1. The van der Waals surface area contributed by atoms with Crippen LogP contribution >= 0.6 is 11.3 Å². The highest BCUT2D eigenvalue weighted by Crippen LogP contribution is 2.14. The van der Waals surface area contributed by atoms with Crippen LogP contribution in [0.3, 0.4) is 0 Å². The molecule has 1 aromatic heterocycles. The first kappa shape index (κ1) is 18.7. The number of ether oxygens (including phenoxy) is 1. The number of nitrogens with zero attached hydrogens (tertiary/aromatic N) is 4. The molecule has 0 spiro atoms. The predicted molar refractivity (Wildman–Crippen MR) is 97.1 cm³/mol. The van der Waals surface area contributed by atoms with Gasteiger partial charge in [-0.15, -0.1) is 10.2 Å². The Morgan fingerprint density at radius 2 is 2.00 bits per heavy atom. The summed E-state index contributed by atoms with van der Waals surface area (Å²) in [6.07, 6.45) is 0.166. The minimum atomic E-state index is -0.288. The summed E-state index contributed by atoms with van der Waals surface area (Å²) in [6.45, 7) is 4.96. The molecule has 2 heterocycles. The third-order valence-electron chi connectivity index (χ3n) is 4.21. The largest absolute Gasteiger partial charge is 0.379 e. The number of halogens is 1. The molecule has 1 aliphatic rings. The molecule has 1 aromatic carbocycles. The van der Waals surface area contributed by atoms with Crippen molar-refractivity contribution in [1.82, 2.24) is 20.0 Å². The molecule has 7 nitrogen and oxygen atoms in total. The highest BCUT2D eigenvalue weighted by atomic mass is 32.1. The van der Waals surface area contributed by atoms with Crippen molar-refractivity contribution in [3.63, 3.8) is 0 Å². The Balaban J connectivity index is 1.64. The number of amides is 1. The second-order valence-corrected chi connectivity index (χ2v) is 7.20. The molecule has 1 saturated heterocycles. The first-order valence-electron chi connectivity index (χ1n) is 8.50. The summed E-state index contributed by atoms with van der Waals surface area (Å²) in [6, 6.07) is 6.22. The van der Waals surface area contributed by atoms with Crippen LogP contribution in [-0.2, 0) is 22.5 Å². The molecular weight excluding hydrogens is 357 g/mol. The van der Waals surface area contributed by atoms with Crippen molar-refractivity contribution < 1.29 is 13.9 Å². The molecule has 0 atom stereocenters. The van der Waals surface area contributed by atoms with E-state index in [1.165, 1.54) is 23.5 Å². The lowest BCUT2D eigenvalue weighted by atomic mass is 10.2. The van der Waals surface area contributed by atoms with Gasteiger partial charge in [-0.25, -0.2) is 4.39 Å². The van der Waals surface area contributed by atoms with Crippen molar-refractivity contribution in [3.8, 4) is 0 Å². The smallest absolute Gasteiger partial charge is 0.229 e. The van der Waals surface area contributed by atoms with Gasteiger partial charge in [0.2, 0.25) is 11.0 Å². The zero-order valence-corrected chi connectivity index (χ0v) is 15.3. The Morgan fingerprint density at radius 1 is 1.27 bits per heavy atom. The molecule has 0 bridgehead atoms. The van der Waals surface area contributed by atoms with E-state index in [0.717, 1.165) is 38.4 Å². The van der Waals surface area contributed by atoms with Gasteiger partial charge in [-0.3, -0.25) is 9.69 Å². The number of carbonyl (C=O) groups excluding carboxylic acids is 1. The molecule has 1 fully saturated rings. The summed E-state index contributed by atoms with van der Waals surface area (Å²) in [4.78, 5) is 16.8. The zero-order chi connectivity index (χ0) is 18.4. The predicted octanol–water partition coefficient (Wildman–Crippen LogP) is 1.16. The maximum Gasteiger partial charge on any atom is 0.229 e. The van der Waals surface area contributed by atoms with Gasteiger partial charge in [0.05, 0.1) is 19.6 Å². The maximum atomic E-state index is 13.1. The van der Waals surface area contributed by atoms with Crippen LogP contribution in [0.25, 0.3) is 0 Å². The van der Waals surface area contributed by atoms with Gasteiger partial charge >= 0.3 is 0 Å². The van der Waals surface area contributed by atoms with Crippen LogP contribution in [0.5, 0.6) is 0 Å². The van der Waals surface area contributed by atoms with Crippen LogP contribution in [0.15, 0.2) is 24.3 Å². The molecule has 2 N–H and O–H groups in total. The highest BCUT2D eigenvalue weighted by molar-refractivity contribution is 7.15. The van der Waals surface area contributed by atoms with E-state index in [4.69, 9.17) is 10.5 Å². The number of nitrogen functional groups attached to an aromatic ring is 1. The summed E-state index contributed by atoms with van der Waals surface area (Å²) in [7, 11) is 0. The van der Waals surface area contributed by atoms with Gasteiger partial charge < -0.3 is 15.4 Å². The van der Waals surface area contributed by atoms with Crippen LogP contribution < -0.4 is 5.73 Å². The first-order valence-corrected chi connectivity index (χ1v) is 9.32.